The number of benzene rings is 1. The molecule has 0 saturated carbocycles. The molecular formula is C19H29N3O2. The molecule has 1 aromatic carbocycles. The van der Waals surface area contributed by atoms with Crippen molar-refractivity contribution in [2.75, 3.05) is 30.4 Å². The molecule has 1 aliphatic heterocycles. The van der Waals surface area contributed by atoms with Gasteiger partial charge in [0, 0.05) is 19.0 Å². The molecule has 1 fully saturated rings. The van der Waals surface area contributed by atoms with Gasteiger partial charge in [0.05, 0.1) is 17.9 Å². The van der Waals surface area contributed by atoms with Gasteiger partial charge in [0.25, 0.3) is 0 Å². The molecule has 5 nitrogen and oxygen atoms in total. The lowest BCUT2D eigenvalue weighted by Gasteiger charge is -2.35. The molecule has 0 bridgehead atoms. The minimum Gasteiger partial charge on any atom is -0.323 e. The SMILES string of the molecule is CC(N(C)CC(=O)Nc1ccccc1N1CCCC1=O)C(C)(C)C. The maximum atomic E-state index is 12.4. The highest BCUT2D eigenvalue weighted by molar-refractivity contribution is 6.02. The van der Waals surface area contributed by atoms with Crippen molar-refractivity contribution >= 4 is 23.2 Å². The van der Waals surface area contributed by atoms with E-state index in [1.54, 1.807) is 4.90 Å². The quantitative estimate of drug-likeness (QED) is 0.902. The van der Waals surface area contributed by atoms with Crippen LogP contribution < -0.4 is 10.2 Å². The Balaban J connectivity index is 2.06. The summed E-state index contributed by atoms with van der Waals surface area (Å²) in [5, 5.41) is 2.97. The van der Waals surface area contributed by atoms with Crippen molar-refractivity contribution in [2.45, 2.75) is 46.6 Å². The Kier molecular flexibility index (Phi) is 5.65. The number of carbonyl (C=O) groups excluding carboxylic acids is 2. The maximum Gasteiger partial charge on any atom is 0.238 e. The molecule has 0 aliphatic carbocycles. The number of likely N-dealkylation sites (N-methyl/N-ethyl adjacent to an activating group) is 1. The molecular weight excluding hydrogens is 302 g/mol. The van der Waals surface area contributed by atoms with Crippen molar-refractivity contribution in [2.24, 2.45) is 5.41 Å². The molecule has 1 aromatic rings. The van der Waals surface area contributed by atoms with Gasteiger partial charge >= 0.3 is 0 Å². The minimum absolute atomic E-state index is 0.0623. The lowest BCUT2D eigenvalue weighted by molar-refractivity contribution is -0.118. The summed E-state index contributed by atoms with van der Waals surface area (Å²) in [6, 6.07) is 7.79. The van der Waals surface area contributed by atoms with E-state index in [1.165, 1.54) is 0 Å². The zero-order valence-corrected chi connectivity index (χ0v) is 15.4. The summed E-state index contributed by atoms with van der Waals surface area (Å²) < 4.78 is 0. The predicted molar refractivity (Wildman–Crippen MR) is 98.2 cm³/mol. The molecule has 24 heavy (non-hydrogen) atoms. The number of carbonyl (C=O) groups is 2. The molecule has 0 spiro atoms. The van der Waals surface area contributed by atoms with Crippen LogP contribution in [0.25, 0.3) is 0 Å². The van der Waals surface area contributed by atoms with Gasteiger partial charge in [-0.2, -0.15) is 0 Å². The van der Waals surface area contributed by atoms with Crippen LogP contribution in [0.2, 0.25) is 0 Å². The van der Waals surface area contributed by atoms with Crippen molar-refractivity contribution in [1.82, 2.24) is 4.90 Å². The summed E-state index contributed by atoms with van der Waals surface area (Å²) in [6.07, 6.45) is 1.45. The second-order valence-electron chi connectivity index (χ2n) is 7.67. The standard InChI is InChI=1S/C19H29N3O2/c1-14(19(2,3)4)21(5)13-17(23)20-15-9-6-7-10-16(15)22-12-8-11-18(22)24/h6-7,9-10,14H,8,11-13H2,1-5H3,(H,20,23). The Hall–Kier alpha value is -1.88. The minimum atomic E-state index is -0.0623. The van der Waals surface area contributed by atoms with Gasteiger partial charge in [-0.15, -0.1) is 0 Å². The molecule has 1 saturated heterocycles. The van der Waals surface area contributed by atoms with Gasteiger partial charge in [0.2, 0.25) is 11.8 Å². The van der Waals surface area contributed by atoms with E-state index in [0.29, 0.717) is 25.2 Å². The summed E-state index contributed by atoms with van der Waals surface area (Å²) in [6.45, 7) is 9.67. The Bertz CT molecular complexity index is 607. The molecule has 2 amide bonds. The molecule has 1 atom stereocenters. The van der Waals surface area contributed by atoms with Gasteiger partial charge in [-0.1, -0.05) is 32.9 Å². The zero-order chi connectivity index (χ0) is 17.9. The topological polar surface area (TPSA) is 52.7 Å². The number of amides is 2. The molecule has 0 radical (unpaired) electrons. The van der Waals surface area contributed by atoms with E-state index in [4.69, 9.17) is 0 Å². The average Bonchev–Trinajstić information content (AvgIpc) is 2.92. The molecule has 5 heteroatoms. The lowest BCUT2D eigenvalue weighted by atomic mass is 9.87. The van der Waals surface area contributed by atoms with E-state index < -0.39 is 0 Å². The average molecular weight is 331 g/mol. The summed E-state index contributed by atoms with van der Waals surface area (Å²) in [5.74, 6) is 0.0582. The van der Waals surface area contributed by atoms with Crippen LogP contribution in [0.5, 0.6) is 0 Å². The van der Waals surface area contributed by atoms with E-state index >= 15 is 0 Å². The van der Waals surface area contributed by atoms with E-state index in [1.807, 2.05) is 31.3 Å². The molecule has 1 N–H and O–H groups in total. The fraction of sp³-hybridized carbons (Fsp3) is 0.579. The third-order valence-electron chi connectivity index (χ3n) is 4.85. The van der Waals surface area contributed by atoms with Gasteiger partial charge in [-0.25, -0.2) is 0 Å². The van der Waals surface area contributed by atoms with E-state index in [2.05, 4.69) is 37.9 Å². The molecule has 0 aromatic heterocycles. The number of hydrogen-bond acceptors (Lipinski definition) is 3. The van der Waals surface area contributed by atoms with Gasteiger partial charge in [-0.05, 0) is 37.9 Å². The van der Waals surface area contributed by atoms with Crippen LogP contribution in [0.1, 0.15) is 40.5 Å². The van der Waals surface area contributed by atoms with Crippen molar-refractivity contribution in [3.63, 3.8) is 0 Å². The highest BCUT2D eigenvalue weighted by Crippen LogP contribution is 2.29. The third kappa shape index (κ3) is 4.35. The number of nitrogens with zero attached hydrogens (tertiary/aromatic N) is 2. The second kappa shape index (κ2) is 7.34. The molecule has 1 unspecified atom stereocenters. The Morgan fingerprint density at radius 1 is 1.33 bits per heavy atom. The van der Waals surface area contributed by atoms with Gasteiger partial charge in [0.1, 0.15) is 0 Å². The largest absolute Gasteiger partial charge is 0.323 e. The van der Waals surface area contributed by atoms with Crippen LogP contribution in [0, 0.1) is 5.41 Å². The van der Waals surface area contributed by atoms with Gasteiger partial charge in [0.15, 0.2) is 0 Å². The monoisotopic (exact) mass is 331 g/mol. The van der Waals surface area contributed by atoms with Crippen LogP contribution in [0.3, 0.4) is 0 Å². The summed E-state index contributed by atoms with van der Waals surface area (Å²) in [7, 11) is 1.96. The molecule has 2 rings (SSSR count). The first kappa shape index (κ1) is 18.5. The number of nitrogens with one attached hydrogen (secondary N) is 1. The first-order valence-electron chi connectivity index (χ1n) is 8.59. The smallest absolute Gasteiger partial charge is 0.238 e. The number of para-hydroxylation sites is 2. The highest BCUT2D eigenvalue weighted by atomic mass is 16.2. The van der Waals surface area contributed by atoms with Crippen LogP contribution in [0.15, 0.2) is 24.3 Å². The fourth-order valence-electron chi connectivity index (χ4n) is 2.93. The third-order valence-corrected chi connectivity index (χ3v) is 4.85. The number of hydrogen-bond donors (Lipinski definition) is 1. The molecule has 1 aliphatic rings. The number of anilines is 2. The Morgan fingerprint density at radius 3 is 2.58 bits per heavy atom. The summed E-state index contributed by atoms with van der Waals surface area (Å²) in [5.41, 5.74) is 1.60. The van der Waals surface area contributed by atoms with Crippen molar-refractivity contribution in [1.29, 1.82) is 0 Å². The van der Waals surface area contributed by atoms with Crippen LogP contribution in [-0.2, 0) is 9.59 Å². The first-order valence-corrected chi connectivity index (χ1v) is 8.59. The first-order chi connectivity index (χ1) is 11.2. The fourth-order valence-corrected chi connectivity index (χ4v) is 2.93. The second-order valence-corrected chi connectivity index (χ2v) is 7.67. The van der Waals surface area contributed by atoms with Gasteiger partial charge < -0.3 is 10.2 Å². The molecule has 132 valence electrons. The normalized spacial score (nSPS) is 16.6. The van der Waals surface area contributed by atoms with E-state index in [9.17, 15) is 9.59 Å². The predicted octanol–water partition coefficient (Wildman–Crippen LogP) is 3.12. The number of rotatable bonds is 5. The van der Waals surface area contributed by atoms with Crippen molar-refractivity contribution < 1.29 is 9.59 Å². The molecule has 1 heterocycles. The van der Waals surface area contributed by atoms with Crippen molar-refractivity contribution in [3.05, 3.63) is 24.3 Å². The van der Waals surface area contributed by atoms with E-state index in [0.717, 1.165) is 12.1 Å². The van der Waals surface area contributed by atoms with Crippen molar-refractivity contribution in [3.8, 4) is 0 Å². The van der Waals surface area contributed by atoms with Crippen LogP contribution in [0.4, 0.5) is 11.4 Å². The highest BCUT2D eigenvalue weighted by Gasteiger charge is 2.26. The van der Waals surface area contributed by atoms with Crippen LogP contribution >= 0.6 is 0 Å². The zero-order valence-electron chi connectivity index (χ0n) is 15.4. The van der Waals surface area contributed by atoms with E-state index in [-0.39, 0.29) is 23.3 Å². The van der Waals surface area contributed by atoms with Crippen LogP contribution in [-0.4, -0.2) is 42.9 Å². The Morgan fingerprint density at radius 2 is 2.00 bits per heavy atom. The Labute approximate surface area is 145 Å². The lowest BCUT2D eigenvalue weighted by Crippen LogP contribution is -2.43. The maximum absolute atomic E-state index is 12.4. The summed E-state index contributed by atoms with van der Waals surface area (Å²) >= 11 is 0. The van der Waals surface area contributed by atoms with Gasteiger partial charge in [-0.3, -0.25) is 14.5 Å². The summed E-state index contributed by atoms with van der Waals surface area (Å²) in [4.78, 5) is 28.3.